The molecule has 314 valence electrons. The van der Waals surface area contributed by atoms with E-state index in [1.165, 1.54) is 24.1 Å². The highest BCUT2D eigenvalue weighted by Crippen LogP contribution is 2.48. The molecule has 0 bridgehead atoms. The molecule has 1 aromatic heterocycles. The molecule has 2 saturated heterocycles. The smallest absolute Gasteiger partial charge is 0.408 e. The van der Waals surface area contributed by atoms with Crippen LogP contribution in [-0.4, -0.2) is 108 Å². The van der Waals surface area contributed by atoms with E-state index < -0.39 is 85.4 Å². The van der Waals surface area contributed by atoms with E-state index in [2.05, 4.69) is 20.3 Å². The van der Waals surface area contributed by atoms with Crippen LogP contribution in [0.5, 0.6) is 5.75 Å². The van der Waals surface area contributed by atoms with Gasteiger partial charge in [0.15, 0.2) is 5.01 Å². The summed E-state index contributed by atoms with van der Waals surface area (Å²) >= 11 is 1.06. The van der Waals surface area contributed by atoms with Crippen LogP contribution in [0.25, 0.3) is 11.3 Å². The molecule has 0 radical (unpaired) electrons. The zero-order valence-corrected chi connectivity index (χ0v) is 35.0. The molecule has 5 amide bonds. The number of hydrogen-bond acceptors (Lipinski definition) is 11. The number of nitrogens with zero attached hydrogens (tertiary/aromatic N) is 3. The standard InChI is InChI=1S/C40H51FN6O9S2/c1-38(2,3)56-37(52)43-29-12-10-8-6-7-9-11-24-18-40(24,36(51)45-58(53,54)39(4)15-16-39)44-32(48)31-27-21-46(19-23(27)20-47(31)34(29)49)35(50)33-42-30(22-57-33)26-14-13-25(55-5)17-28(26)41/h9,11,13-14,17,22-24,27,29,31H,6-8,10,12,15-16,18-21H2,1-5H3,(H,43,52)(H,44,48)(H,45,51)/b11-9-/t23-,24-,27-,29-,31-,40+/m0/s1. The summed E-state index contributed by atoms with van der Waals surface area (Å²) in [6.07, 6.45) is 7.04. The molecule has 4 heterocycles. The first-order chi connectivity index (χ1) is 27.3. The third-order valence-electron chi connectivity index (χ3n) is 12.0. The topological polar surface area (TPSA) is 193 Å². The average Bonchev–Trinajstić information content (AvgIpc) is 3.84. The zero-order valence-electron chi connectivity index (χ0n) is 33.3. The largest absolute Gasteiger partial charge is 0.497 e. The molecule has 18 heteroatoms. The lowest BCUT2D eigenvalue weighted by atomic mass is 9.93. The molecule has 4 fully saturated rings. The van der Waals surface area contributed by atoms with E-state index in [0.717, 1.165) is 24.2 Å². The Kier molecular flexibility index (Phi) is 11.1. The molecular weight excluding hydrogens is 792 g/mol. The summed E-state index contributed by atoms with van der Waals surface area (Å²) in [5, 5.41) is 7.36. The second kappa shape index (κ2) is 15.5. The molecule has 5 aliphatic rings. The summed E-state index contributed by atoms with van der Waals surface area (Å²) in [4.78, 5) is 77.6. The Bertz CT molecular complexity index is 2130. The van der Waals surface area contributed by atoms with Gasteiger partial charge < -0.3 is 29.9 Å². The first-order valence-corrected chi connectivity index (χ1v) is 22.2. The van der Waals surface area contributed by atoms with Gasteiger partial charge in [-0.25, -0.2) is 22.6 Å². The Labute approximate surface area is 341 Å². The number of likely N-dealkylation sites (tertiary alicyclic amines) is 1. The molecule has 3 N–H and O–H groups in total. The molecule has 0 unspecified atom stereocenters. The third-order valence-corrected chi connectivity index (χ3v) is 14.9. The predicted molar refractivity (Wildman–Crippen MR) is 212 cm³/mol. The second-order valence-electron chi connectivity index (χ2n) is 17.4. The Morgan fingerprint density at radius 2 is 1.84 bits per heavy atom. The van der Waals surface area contributed by atoms with Crippen molar-refractivity contribution in [2.75, 3.05) is 26.7 Å². The number of benzene rings is 1. The molecule has 0 spiro atoms. The van der Waals surface area contributed by atoms with Crippen LogP contribution >= 0.6 is 11.3 Å². The second-order valence-corrected chi connectivity index (χ2v) is 20.4. The monoisotopic (exact) mass is 842 g/mol. The number of hydrogen-bond donors (Lipinski definition) is 3. The van der Waals surface area contributed by atoms with Gasteiger partial charge in [0, 0.05) is 54.4 Å². The highest BCUT2D eigenvalue weighted by molar-refractivity contribution is 7.91. The van der Waals surface area contributed by atoms with Crippen LogP contribution in [0.4, 0.5) is 9.18 Å². The van der Waals surface area contributed by atoms with Crippen molar-refractivity contribution in [2.45, 2.75) is 107 Å². The lowest BCUT2D eigenvalue weighted by Crippen LogP contribution is -2.60. The number of halogens is 1. The number of rotatable bonds is 7. The van der Waals surface area contributed by atoms with Crippen LogP contribution < -0.4 is 20.1 Å². The Morgan fingerprint density at radius 1 is 1.09 bits per heavy atom. The molecule has 2 aromatic rings. The molecule has 58 heavy (non-hydrogen) atoms. The normalized spacial score (nSPS) is 28.8. The number of ether oxygens (including phenoxy) is 2. The van der Waals surface area contributed by atoms with Gasteiger partial charge in [-0.15, -0.1) is 11.3 Å². The lowest BCUT2D eigenvalue weighted by molar-refractivity contribution is -0.142. The van der Waals surface area contributed by atoms with Crippen molar-refractivity contribution in [3.8, 4) is 17.0 Å². The number of alkyl carbamates (subject to hydrolysis) is 1. The van der Waals surface area contributed by atoms with Gasteiger partial charge in [-0.05, 0) is 78.4 Å². The van der Waals surface area contributed by atoms with Crippen molar-refractivity contribution in [3.05, 3.63) is 46.6 Å². The van der Waals surface area contributed by atoms with E-state index in [9.17, 15) is 36.8 Å². The minimum atomic E-state index is -4.03. The first kappa shape index (κ1) is 41.6. The Morgan fingerprint density at radius 3 is 2.53 bits per heavy atom. The van der Waals surface area contributed by atoms with Crippen molar-refractivity contribution in [1.29, 1.82) is 0 Å². The van der Waals surface area contributed by atoms with Gasteiger partial charge >= 0.3 is 6.09 Å². The molecule has 6 atom stereocenters. The van der Waals surface area contributed by atoms with Crippen LogP contribution in [0.2, 0.25) is 0 Å². The fourth-order valence-electron chi connectivity index (χ4n) is 8.25. The van der Waals surface area contributed by atoms with Crippen LogP contribution in [0.1, 0.15) is 88.9 Å². The minimum absolute atomic E-state index is 0.0661. The van der Waals surface area contributed by atoms with Crippen LogP contribution in [0.3, 0.4) is 0 Å². The van der Waals surface area contributed by atoms with Gasteiger partial charge in [0.1, 0.15) is 34.8 Å². The quantitative estimate of drug-likeness (QED) is 0.341. The fraction of sp³-hybridized carbons (Fsp3) is 0.600. The number of aromatic nitrogens is 1. The molecule has 7 rings (SSSR count). The average molecular weight is 843 g/mol. The third kappa shape index (κ3) is 8.31. The number of nitrogens with one attached hydrogen (secondary N) is 3. The summed E-state index contributed by atoms with van der Waals surface area (Å²) in [6.45, 7) is 7.03. The Balaban J connectivity index is 1.17. The molecule has 3 aliphatic heterocycles. The number of fused-ring (bicyclic) bond motifs is 4. The zero-order chi connectivity index (χ0) is 41.8. The van der Waals surface area contributed by atoms with Crippen molar-refractivity contribution < 1.29 is 46.3 Å². The number of thiazole rings is 1. The molecule has 1 aromatic carbocycles. The molecule has 15 nitrogen and oxygen atoms in total. The van der Waals surface area contributed by atoms with Crippen molar-refractivity contribution in [2.24, 2.45) is 17.8 Å². The number of sulfonamides is 1. The molecule has 2 saturated carbocycles. The maximum Gasteiger partial charge on any atom is 0.408 e. The molecule has 2 aliphatic carbocycles. The van der Waals surface area contributed by atoms with E-state index in [4.69, 9.17) is 9.47 Å². The SMILES string of the molecule is COc1ccc(-c2csc(C(=O)N3C[C@H]4CN5C(=O)[C@@H](NC(=O)OC(C)(C)C)CCCCC/C=C\[C@H]6C[C@@]6(C(=O)NS(=O)(=O)C6(C)CC6)NC(=O)[C@@H]5[C@H]4C3)n2)c(F)c1. The van der Waals surface area contributed by atoms with E-state index >= 15 is 0 Å². The molecular formula is C40H51FN6O9S2. The van der Waals surface area contributed by atoms with E-state index in [0.29, 0.717) is 37.9 Å². The summed E-state index contributed by atoms with van der Waals surface area (Å²) in [7, 11) is -2.60. The Hall–Kier alpha value is -4.58. The van der Waals surface area contributed by atoms with Gasteiger partial charge in [-0.3, -0.25) is 23.9 Å². The maximum absolute atomic E-state index is 14.9. The fourth-order valence-corrected chi connectivity index (χ4v) is 10.3. The van der Waals surface area contributed by atoms with E-state index in [-0.39, 0.29) is 48.2 Å². The van der Waals surface area contributed by atoms with Crippen molar-refractivity contribution in [1.82, 2.24) is 30.1 Å². The summed E-state index contributed by atoms with van der Waals surface area (Å²) in [5.74, 6) is -4.04. The van der Waals surface area contributed by atoms with Crippen molar-refractivity contribution >= 4 is 51.1 Å². The summed E-state index contributed by atoms with van der Waals surface area (Å²) in [5.41, 5.74) is -1.92. The van der Waals surface area contributed by atoms with E-state index in [1.54, 1.807) is 44.0 Å². The highest BCUT2D eigenvalue weighted by atomic mass is 32.2. The highest BCUT2D eigenvalue weighted by Gasteiger charge is 2.64. The van der Waals surface area contributed by atoms with Gasteiger partial charge in [-0.1, -0.05) is 25.0 Å². The van der Waals surface area contributed by atoms with Gasteiger partial charge in [0.05, 0.1) is 17.6 Å². The number of carbonyl (C=O) groups is 5. The number of carbonyl (C=O) groups excluding carboxylic acids is 5. The van der Waals surface area contributed by atoms with E-state index in [1.807, 2.05) is 12.2 Å². The van der Waals surface area contributed by atoms with Crippen LogP contribution in [-0.2, 0) is 29.1 Å². The van der Waals surface area contributed by atoms with Crippen LogP contribution in [0, 0.1) is 23.6 Å². The summed E-state index contributed by atoms with van der Waals surface area (Å²) in [6, 6.07) is 2.16. The predicted octanol–water partition coefficient (Wildman–Crippen LogP) is 4.14. The maximum atomic E-state index is 14.9. The van der Waals surface area contributed by atoms with Crippen LogP contribution in [0.15, 0.2) is 35.7 Å². The lowest BCUT2D eigenvalue weighted by Gasteiger charge is -2.33. The minimum Gasteiger partial charge on any atom is -0.497 e. The number of allylic oxidation sites excluding steroid dienone is 1. The number of amides is 5. The van der Waals surface area contributed by atoms with Gasteiger partial charge in [-0.2, -0.15) is 0 Å². The number of methoxy groups -OCH3 is 1. The van der Waals surface area contributed by atoms with Gasteiger partial charge in [0.25, 0.3) is 11.8 Å². The summed E-state index contributed by atoms with van der Waals surface area (Å²) < 4.78 is 53.1. The first-order valence-electron chi connectivity index (χ1n) is 19.8. The van der Waals surface area contributed by atoms with Gasteiger partial charge in [0.2, 0.25) is 21.8 Å². The van der Waals surface area contributed by atoms with Crippen molar-refractivity contribution in [3.63, 3.8) is 0 Å².